The highest BCUT2D eigenvalue weighted by Gasteiger charge is 2.34. The van der Waals surface area contributed by atoms with Gasteiger partial charge in [0.15, 0.2) is 0 Å². The molecule has 0 bridgehead atoms. The van der Waals surface area contributed by atoms with Crippen LogP contribution in [0.5, 0.6) is 0 Å². The lowest BCUT2D eigenvalue weighted by molar-refractivity contribution is -0.138. The summed E-state index contributed by atoms with van der Waals surface area (Å²) < 4.78 is 41.5. The van der Waals surface area contributed by atoms with Crippen LogP contribution in [-0.2, 0) is 12.7 Å². The first-order chi connectivity index (χ1) is 18.0. The minimum Gasteiger partial charge on any atom is -0.397 e. The van der Waals surface area contributed by atoms with Crippen LogP contribution < -0.4 is 21.9 Å². The van der Waals surface area contributed by atoms with E-state index >= 15 is 0 Å². The van der Waals surface area contributed by atoms with Gasteiger partial charge in [0, 0.05) is 35.8 Å². The molecular formula is C28H33F3N6O. The van der Waals surface area contributed by atoms with Crippen LogP contribution in [-0.4, -0.2) is 30.6 Å². The smallest absolute Gasteiger partial charge is 0.397 e. The Balaban J connectivity index is 1.84. The number of likely N-dealkylation sites (tertiary alicyclic amines) is 1. The quantitative estimate of drug-likeness (QED) is 0.173. The highest BCUT2D eigenvalue weighted by atomic mass is 19.4. The molecule has 0 saturated carbocycles. The van der Waals surface area contributed by atoms with Crippen molar-refractivity contribution in [3.63, 3.8) is 0 Å². The second kappa shape index (κ2) is 12.6. The standard InChI is InChI=1S/C28H33F3N6O/c1-4-7-21(16-34-3)25(32)18-37(33)26-14-20(9-8-19(26)2)27(38)35-23-11-10-22(17-36-12-5-6-13-36)24(15-23)28(29,30)31/h4,7-11,14-16,18H,3,5-6,12-13,17,32-33H2,1-2H3,(H,35,38)/b7-4-,21-16+,25-18-. The van der Waals surface area contributed by atoms with Crippen LogP contribution in [0.4, 0.5) is 24.5 Å². The summed E-state index contributed by atoms with van der Waals surface area (Å²) in [5, 5.41) is 3.85. The largest absolute Gasteiger partial charge is 0.416 e. The number of amides is 1. The van der Waals surface area contributed by atoms with Gasteiger partial charge in [-0.3, -0.25) is 19.7 Å². The summed E-state index contributed by atoms with van der Waals surface area (Å²) in [6.07, 6.45) is 3.93. The zero-order chi connectivity index (χ0) is 27.9. The van der Waals surface area contributed by atoms with Crippen LogP contribution in [0, 0.1) is 6.92 Å². The lowest BCUT2D eigenvalue weighted by Gasteiger charge is -2.20. The van der Waals surface area contributed by atoms with E-state index in [0.717, 1.165) is 37.6 Å². The topological polar surface area (TPSA) is 100.0 Å². The number of aryl methyl sites for hydroxylation is 1. The van der Waals surface area contributed by atoms with E-state index in [1.165, 1.54) is 29.5 Å². The minimum atomic E-state index is -4.54. The molecule has 1 amide bonds. The Kier molecular flexibility index (Phi) is 9.49. The van der Waals surface area contributed by atoms with Crippen molar-refractivity contribution >= 4 is 24.0 Å². The molecule has 1 fully saturated rings. The number of carbonyl (C=O) groups excluding carboxylic acids is 1. The summed E-state index contributed by atoms with van der Waals surface area (Å²) in [6, 6.07) is 8.73. The number of hydrogen-bond acceptors (Lipinski definition) is 6. The number of alkyl halides is 3. The highest BCUT2D eigenvalue weighted by Crippen LogP contribution is 2.35. The first-order valence-corrected chi connectivity index (χ1v) is 12.2. The molecule has 5 N–H and O–H groups in total. The van der Waals surface area contributed by atoms with E-state index in [0.29, 0.717) is 17.0 Å². The number of aliphatic imine (C=N–C) groups is 1. The van der Waals surface area contributed by atoms with E-state index in [4.69, 9.17) is 11.6 Å². The Hall–Kier alpha value is -3.89. The fourth-order valence-corrected chi connectivity index (χ4v) is 4.26. The molecule has 0 aromatic heterocycles. The molecule has 0 spiro atoms. The number of benzene rings is 2. The van der Waals surface area contributed by atoms with Gasteiger partial charge in [0.05, 0.1) is 16.9 Å². The van der Waals surface area contributed by atoms with Gasteiger partial charge in [0.2, 0.25) is 0 Å². The summed E-state index contributed by atoms with van der Waals surface area (Å²) in [5.74, 6) is 5.65. The van der Waals surface area contributed by atoms with E-state index in [2.05, 4.69) is 17.0 Å². The lowest BCUT2D eigenvalue weighted by Crippen LogP contribution is -2.27. The van der Waals surface area contributed by atoms with Crippen molar-refractivity contribution in [2.45, 2.75) is 39.4 Å². The van der Waals surface area contributed by atoms with Crippen LogP contribution in [0.1, 0.15) is 46.8 Å². The molecule has 2 aromatic rings. The first-order valence-electron chi connectivity index (χ1n) is 12.2. The number of allylic oxidation sites excluding steroid dienone is 2. The number of anilines is 2. The van der Waals surface area contributed by atoms with E-state index in [1.807, 2.05) is 18.7 Å². The molecule has 2 aromatic carbocycles. The number of nitrogens with two attached hydrogens (primary N) is 2. The zero-order valence-electron chi connectivity index (χ0n) is 21.6. The molecule has 1 aliphatic rings. The van der Waals surface area contributed by atoms with Gasteiger partial charge >= 0.3 is 6.18 Å². The zero-order valence-corrected chi connectivity index (χ0v) is 21.6. The van der Waals surface area contributed by atoms with Crippen molar-refractivity contribution in [2.75, 3.05) is 23.4 Å². The predicted molar refractivity (Wildman–Crippen MR) is 146 cm³/mol. The van der Waals surface area contributed by atoms with Gasteiger partial charge in [-0.1, -0.05) is 24.3 Å². The predicted octanol–water partition coefficient (Wildman–Crippen LogP) is 5.50. The normalized spacial score (nSPS) is 15.2. The van der Waals surface area contributed by atoms with Gasteiger partial charge in [0.1, 0.15) is 0 Å². The molecule has 1 aliphatic heterocycles. The Morgan fingerprint density at radius 1 is 1.21 bits per heavy atom. The van der Waals surface area contributed by atoms with E-state index in [9.17, 15) is 18.0 Å². The summed E-state index contributed by atoms with van der Waals surface area (Å²) in [5.41, 5.74) is 8.04. The van der Waals surface area contributed by atoms with Crippen LogP contribution in [0.2, 0.25) is 0 Å². The Labute approximate surface area is 221 Å². The van der Waals surface area contributed by atoms with E-state index < -0.39 is 17.6 Å². The fourth-order valence-electron chi connectivity index (χ4n) is 4.26. The fraction of sp³-hybridized carbons (Fsp3) is 0.286. The summed E-state index contributed by atoms with van der Waals surface area (Å²) in [6.45, 7) is 8.85. The lowest BCUT2D eigenvalue weighted by atomic mass is 10.0. The van der Waals surface area contributed by atoms with Gasteiger partial charge < -0.3 is 11.1 Å². The number of nitrogens with zero attached hydrogens (tertiary/aromatic N) is 3. The average molecular weight is 527 g/mol. The number of carbonyl (C=O) groups is 1. The third-order valence-electron chi connectivity index (χ3n) is 6.20. The SMILES string of the molecule is C=N/C=C(\C=C/C)C(/N)=C/N(N)c1cc(C(=O)Nc2ccc(CN3CCCC3)c(C(F)(F)F)c2)ccc1C. The Morgan fingerprint density at radius 3 is 2.55 bits per heavy atom. The molecule has 10 heteroatoms. The number of hydrogen-bond donors (Lipinski definition) is 3. The molecule has 1 heterocycles. The van der Waals surface area contributed by atoms with Gasteiger partial charge in [-0.2, -0.15) is 13.2 Å². The molecule has 7 nitrogen and oxygen atoms in total. The second-order valence-corrected chi connectivity index (χ2v) is 9.07. The van der Waals surface area contributed by atoms with Crippen molar-refractivity contribution in [1.29, 1.82) is 0 Å². The van der Waals surface area contributed by atoms with Crippen molar-refractivity contribution in [3.8, 4) is 0 Å². The Bertz CT molecular complexity index is 1260. The van der Waals surface area contributed by atoms with Gasteiger partial charge in [-0.05, 0) is 81.9 Å². The number of halogens is 3. The summed E-state index contributed by atoms with van der Waals surface area (Å²) in [4.78, 5) is 18.7. The van der Waals surface area contributed by atoms with Gasteiger partial charge in [-0.15, -0.1) is 0 Å². The van der Waals surface area contributed by atoms with E-state index in [-0.39, 0.29) is 23.4 Å². The maximum Gasteiger partial charge on any atom is 0.416 e. The van der Waals surface area contributed by atoms with Crippen molar-refractivity contribution in [3.05, 3.63) is 94.5 Å². The second-order valence-electron chi connectivity index (χ2n) is 9.07. The number of hydrazine groups is 1. The maximum absolute atomic E-state index is 13.8. The van der Waals surface area contributed by atoms with Gasteiger partial charge in [-0.25, -0.2) is 5.84 Å². The van der Waals surface area contributed by atoms with Crippen molar-refractivity contribution in [2.24, 2.45) is 16.6 Å². The third-order valence-corrected chi connectivity index (χ3v) is 6.20. The number of nitrogens with one attached hydrogen (secondary N) is 1. The molecule has 38 heavy (non-hydrogen) atoms. The molecule has 3 rings (SSSR count). The van der Waals surface area contributed by atoms with E-state index in [1.54, 1.807) is 30.4 Å². The molecule has 0 unspecified atom stereocenters. The van der Waals surface area contributed by atoms with Gasteiger partial charge in [0.25, 0.3) is 5.91 Å². The molecule has 0 aliphatic carbocycles. The molecular weight excluding hydrogens is 493 g/mol. The van der Waals surface area contributed by atoms with Crippen LogP contribution >= 0.6 is 0 Å². The summed E-state index contributed by atoms with van der Waals surface area (Å²) in [7, 11) is 0. The monoisotopic (exact) mass is 526 g/mol. The first kappa shape index (κ1) is 28.7. The highest BCUT2D eigenvalue weighted by molar-refractivity contribution is 6.05. The third kappa shape index (κ3) is 7.33. The molecule has 202 valence electrons. The van der Waals surface area contributed by atoms with Crippen molar-refractivity contribution < 1.29 is 18.0 Å². The molecule has 0 radical (unpaired) electrons. The van der Waals surface area contributed by atoms with Crippen LogP contribution in [0.15, 0.2) is 77.2 Å². The summed E-state index contributed by atoms with van der Waals surface area (Å²) >= 11 is 0. The minimum absolute atomic E-state index is 0.0569. The molecule has 1 saturated heterocycles. The van der Waals surface area contributed by atoms with Crippen molar-refractivity contribution in [1.82, 2.24) is 4.90 Å². The van der Waals surface area contributed by atoms with Crippen LogP contribution in [0.3, 0.4) is 0 Å². The van der Waals surface area contributed by atoms with Crippen LogP contribution in [0.25, 0.3) is 0 Å². The average Bonchev–Trinajstić information content (AvgIpc) is 3.37. The Morgan fingerprint density at radius 2 is 1.92 bits per heavy atom. The number of rotatable bonds is 9. The molecule has 0 atom stereocenters. The maximum atomic E-state index is 13.8.